The summed E-state index contributed by atoms with van der Waals surface area (Å²) in [6.07, 6.45) is 9.52. The molecule has 1 fully saturated rings. The molecule has 1 saturated carbocycles. The molecule has 236 valence electrons. The van der Waals surface area contributed by atoms with Crippen molar-refractivity contribution in [2.75, 3.05) is 7.11 Å². The maximum Gasteiger partial charge on any atom is 0.178 e. The van der Waals surface area contributed by atoms with Gasteiger partial charge >= 0.3 is 0 Å². The average molecular weight is 633 g/mol. The van der Waals surface area contributed by atoms with Crippen LogP contribution >= 0.6 is 0 Å². The van der Waals surface area contributed by atoms with Gasteiger partial charge in [0.1, 0.15) is 23.1 Å². The lowest BCUT2D eigenvalue weighted by Gasteiger charge is -2.41. The van der Waals surface area contributed by atoms with E-state index in [0.717, 1.165) is 93.1 Å². The minimum atomic E-state index is -1.00. The highest BCUT2D eigenvalue weighted by molar-refractivity contribution is 6.08. The first-order chi connectivity index (χ1) is 23.5. The Kier molecular flexibility index (Phi) is 6.59. The predicted molar refractivity (Wildman–Crippen MR) is 188 cm³/mol. The first-order valence-corrected chi connectivity index (χ1v) is 16.8. The number of halogens is 2. The van der Waals surface area contributed by atoms with Crippen molar-refractivity contribution in [3.8, 4) is 33.8 Å². The number of hydrogen-bond donors (Lipinski definition) is 0. The van der Waals surface area contributed by atoms with Gasteiger partial charge in [0.25, 0.3) is 0 Å². The van der Waals surface area contributed by atoms with Crippen LogP contribution in [-0.2, 0) is 11.0 Å². The van der Waals surface area contributed by atoms with Gasteiger partial charge in [-0.3, -0.25) is 0 Å². The molecule has 0 saturated heterocycles. The fraction of sp³-hybridized carbons (Fsp3) is 0.182. The number of methoxy groups -OCH3 is 1. The van der Waals surface area contributed by atoms with E-state index in [-0.39, 0.29) is 17.0 Å². The largest absolute Gasteiger partial charge is 0.497 e. The van der Waals surface area contributed by atoms with Crippen molar-refractivity contribution in [2.24, 2.45) is 0 Å². The maximum absolute atomic E-state index is 15.2. The Morgan fingerprint density at radius 3 is 2.06 bits per heavy atom. The summed E-state index contributed by atoms with van der Waals surface area (Å²) >= 11 is 0. The van der Waals surface area contributed by atoms with E-state index < -0.39 is 5.60 Å². The molecule has 0 aromatic heterocycles. The molecular weight excluding hydrogens is 598 g/mol. The van der Waals surface area contributed by atoms with Gasteiger partial charge in [0, 0.05) is 27.5 Å². The molecular formula is C44H34F2O2. The quantitative estimate of drug-likeness (QED) is 0.193. The highest BCUT2D eigenvalue weighted by Crippen LogP contribution is 2.62. The van der Waals surface area contributed by atoms with Gasteiger partial charge in [-0.25, -0.2) is 8.78 Å². The number of fused-ring (bicyclic) bond motifs is 10. The van der Waals surface area contributed by atoms with Crippen molar-refractivity contribution in [1.82, 2.24) is 0 Å². The molecule has 0 bridgehead atoms. The van der Waals surface area contributed by atoms with Crippen LogP contribution in [0.2, 0.25) is 0 Å². The van der Waals surface area contributed by atoms with E-state index in [9.17, 15) is 4.39 Å². The number of ether oxygens (including phenoxy) is 2. The van der Waals surface area contributed by atoms with Crippen LogP contribution in [0.15, 0.2) is 121 Å². The van der Waals surface area contributed by atoms with E-state index in [4.69, 9.17) is 9.47 Å². The SMILES string of the molecule is COc1ccc(C2(c3ccc(-c4ccccc4)cc3)C=Cc3c4c(c5ccc(F)cc5c3O2)-c2ccc(F)cc2C42CCCCC2)cc1. The molecule has 0 radical (unpaired) electrons. The molecule has 1 atom stereocenters. The van der Waals surface area contributed by atoms with E-state index in [1.807, 2.05) is 54.6 Å². The fourth-order valence-electron chi connectivity index (χ4n) is 8.69. The minimum Gasteiger partial charge on any atom is -0.497 e. The van der Waals surface area contributed by atoms with Crippen LogP contribution < -0.4 is 9.47 Å². The van der Waals surface area contributed by atoms with Crippen LogP contribution in [0, 0.1) is 11.6 Å². The third-order valence-corrected chi connectivity index (χ3v) is 10.9. The zero-order valence-corrected chi connectivity index (χ0v) is 26.7. The molecule has 3 aliphatic rings. The Bertz CT molecular complexity index is 2230. The van der Waals surface area contributed by atoms with Crippen LogP contribution in [0.1, 0.15) is 59.9 Å². The zero-order chi connectivity index (χ0) is 32.5. The Morgan fingerprint density at radius 2 is 1.33 bits per heavy atom. The second-order valence-electron chi connectivity index (χ2n) is 13.4. The maximum atomic E-state index is 15.2. The van der Waals surface area contributed by atoms with Gasteiger partial charge < -0.3 is 9.47 Å². The molecule has 6 aromatic rings. The van der Waals surface area contributed by atoms with Crippen LogP contribution in [0.4, 0.5) is 8.78 Å². The average Bonchev–Trinajstić information content (AvgIpc) is 3.40. The lowest BCUT2D eigenvalue weighted by molar-refractivity contribution is 0.163. The minimum absolute atomic E-state index is 0.222. The summed E-state index contributed by atoms with van der Waals surface area (Å²) in [5.41, 5.74) is 8.14. The molecule has 1 unspecified atom stereocenters. The first-order valence-electron chi connectivity index (χ1n) is 16.8. The van der Waals surface area contributed by atoms with Gasteiger partial charge in [-0.2, -0.15) is 0 Å². The summed E-state index contributed by atoms with van der Waals surface area (Å²) in [7, 11) is 1.66. The molecule has 1 spiro atoms. The summed E-state index contributed by atoms with van der Waals surface area (Å²) in [5.74, 6) is 0.866. The van der Waals surface area contributed by atoms with E-state index in [0.29, 0.717) is 5.75 Å². The summed E-state index contributed by atoms with van der Waals surface area (Å²) in [6, 6.07) is 37.0. The second kappa shape index (κ2) is 10.9. The molecule has 0 N–H and O–H groups in total. The highest BCUT2D eigenvalue weighted by Gasteiger charge is 2.49. The van der Waals surface area contributed by atoms with E-state index in [1.165, 1.54) is 11.6 Å². The molecule has 0 amide bonds. The zero-order valence-electron chi connectivity index (χ0n) is 26.7. The monoisotopic (exact) mass is 632 g/mol. The topological polar surface area (TPSA) is 18.5 Å². The Labute approximate surface area is 279 Å². The normalized spacial score (nSPS) is 18.6. The molecule has 6 aromatic carbocycles. The Morgan fingerprint density at radius 1 is 0.667 bits per heavy atom. The number of rotatable bonds is 4. The summed E-state index contributed by atoms with van der Waals surface area (Å²) < 4.78 is 43.2. The van der Waals surface area contributed by atoms with Gasteiger partial charge in [-0.15, -0.1) is 0 Å². The van der Waals surface area contributed by atoms with E-state index in [2.05, 4.69) is 48.6 Å². The highest BCUT2D eigenvalue weighted by atomic mass is 19.1. The Hall–Kier alpha value is -5.22. The van der Waals surface area contributed by atoms with Gasteiger partial charge in [-0.1, -0.05) is 104 Å². The summed E-state index contributed by atoms with van der Waals surface area (Å²) in [6.45, 7) is 0. The van der Waals surface area contributed by atoms with Crippen molar-refractivity contribution in [1.29, 1.82) is 0 Å². The van der Waals surface area contributed by atoms with Gasteiger partial charge in [-0.05, 0) is 94.1 Å². The molecule has 2 nitrogen and oxygen atoms in total. The molecule has 1 aliphatic heterocycles. The predicted octanol–water partition coefficient (Wildman–Crippen LogP) is 11.4. The van der Waals surface area contributed by atoms with Crippen LogP contribution in [0.25, 0.3) is 39.1 Å². The van der Waals surface area contributed by atoms with Crippen molar-refractivity contribution in [3.63, 3.8) is 0 Å². The van der Waals surface area contributed by atoms with Crippen molar-refractivity contribution < 1.29 is 18.3 Å². The van der Waals surface area contributed by atoms with E-state index in [1.54, 1.807) is 25.3 Å². The third-order valence-electron chi connectivity index (χ3n) is 10.9. The molecule has 9 rings (SSSR count). The van der Waals surface area contributed by atoms with Gasteiger partial charge in [0.2, 0.25) is 0 Å². The molecule has 4 heteroatoms. The van der Waals surface area contributed by atoms with Crippen molar-refractivity contribution in [2.45, 2.75) is 43.1 Å². The fourth-order valence-corrected chi connectivity index (χ4v) is 8.69. The lowest BCUT2D eigenvalue weighted by atomic mass is 9.66. The van der Waals surface area contributed by atoms with Crippen LogP contribution in [-0.4, -0.2) is 7.11 Å². The number of benzene rings is 6. The van der Waals surface area contributed by atoms with Crippen LogP contribution in [0.3, 0.4) is 0 Å². The van der Waals surface area contributed by atoms with Gasteiger partial charge in [0.15, 0.2) is 5.60 Å². The van der Waals surface area contributed by atoms with E-state index >= 15 is 4.39 Å². The first kappa shape index (κ1) is 29.0. The smallest absolute Gasteiger partial charge is 0.178 e. The summed E-state index contributed by atoms with van der Waals surface area (Å²) in [5, 5.41) is 1.65. The van der Waals surface area contributed by atoms with Crippen molar-refractivity contribution >= 4 is 16.8 Å². The molecule has 48 heavy (non-hydrogen) atoms. The summed E-state index contributed by atoms with van der Waals surface area (Å²) in [4.78, 5) is 0. The molecule has 2 aliphatic carbocycles. The standard InChI is InChI=1S/C44H34F2O2/c1-47-34-18-14-31(15-19-34)44(30-12-10-29(11-13-30)28-8-4-2-5-9-28)25-22-37-41-40(35-20-16-32(45)26-38(35)42(37)48-44)36-21-17-33(46)27-39(36)43(41)23-6-3-7-24-43/h2,4-5,8-22,25-27H,3,6-7,23-24H2,1H3. The Balaban J connectivity index is 1.31. The lowest BCUT2D eigenvalue weighted by Crippen LogP contribution is -2.35. The van der Waals surface area contributed by atoms with Crippen LogP contribution in [0.5, 0.6) is 11.5 Å². The van der Waals surface area contributed by atoms with Gasteiger partial charge in [0.05, 0.1) is 7.11 Å². The molecule has 1 heterocycles. The third kappa shape index (κ3) is 4.21. The van der Waals surface area contributed by atoms with Crippen molar-refractivity contribution in [3.05, 3.63) is 161 Å². The number of hydrogen-bond acceptors (Lipinski definition) is 2. The second-order valence-corrected chi connectivity index (χ2v) is 13.4.